The summed E-state index contributed by atoms with van der Waals surface area (Å²) >= 11 is 1.69. The Hall–Kier alpha value is -1.07. The third-order valence-corrected chi connectivity index (χ3v) is 4.08. The highest BCUT2D eigenvalue weighted by Gasteiger charge is 2.16. The van der Waals surface area contributed by atoms with Crippen molar-refractivity contribution in [3.8, 4) is 0 Å². The van der Waals surface area contributed by atoms with Crippen molar-refractivity contribution < 1.29 is 0 Å². The second-order valence-corrected chi connectivity index (χ2v) is 5.73. The lowest BCUT2D eigenvalue weighted by atomic mass is 10.1. The van der Waals surface area contributed by atoms with Gasteiger partial charge in [-0.15, -0.1) is 11.3 Å². The van der Waals surface area contributed by atoms with Crippen LogP contribution >= 0.6 is 11.3 Å². The van der Waals surface area contributed by atoms with Gasteiger partial charge < -0.3 is 10.2 Å². The van der Waals surface area contributed by atoms with Crippen LogP contribution in [-0.4, -0.2) is 30.0 Å². The molecule has 0 bridgehead atoms. The molecule has 0 aliphatic carbocycles. The number of nitrogens with one attached hydrogen (secondary N) is 1. The lowest BCUT2D eigenvalue weighted by Gasteiger charge is -2.21. The van der Waals surface area contributed by atoms with E-state index in [9.17, 15) is 0 Å². The summed E-state index contributed by atoms with van der Waals surface area (Å²) < 4.78 is 2.18. The second kappa shape index (κ2) is 5.71. The molecule has 0 saturated heterocycles. The summed E-state index contributed by atoms with van der Waals surface area (Å²) in [5, 5.41) is 5.32. The molecule has 5 heteroatoms. The average molecular weight is 266 g/mol. The van der Waals surface area contributed by atoms with Crippen molar-refractivity contribution in [1.82, 2.24) is 14.7 Å². The molecule has 0 aliphatic heterocycles. The molecule has 1 atom stereocenters. The minimum atomic E-state index is 0.692. The van der Waals surface area contributed by atoms with Gasteiger partial charge in [-0.2, -0.15) is 0 Å². The van der Waals surface area contributed by atoms with Crippen LogP contribution in [0, 0.1) is 5.92 Å². The predicted molar refractivity (Wildman–Crippen MR) is 78.6 cm³/mol. The largest absolute Gasteiger partial charge is 0.358 e. The molecule has 0 amide bonds. The Labute approximate surface area is 113 Å². The van der Waals surface area contributed by atoms with E-state index >= 15 is 0 Å². The first-order valence-corrected chi connectivity index (χ1v) is 7.35. The minimum absolute atomic E-state index is 0.692. The summed E-state index contributed by atoms with van der Waals surface area (Å²) in [6.07, 6.45) is 3.30. The SMILES string of the molecule is CCC(C)CN(C)c1nc2sccn2c1CNC. The van der Waals surface area contributed by atoms with Crippen molar-refractivity contribution in [3.63, 3.8) is 0 Å². The number of nitrogens with zero attached hydrogens (tertiary/aromatic N) is 3. The number of hydrogen-bond acceptors (Lipinski definition) is 4. The van der Waals surface area contributed by atoms with E-state index in [4.69, 9.17) is 4.98 Å². The average Bonchev–Trinajstić information content (AvgIpc) is 2.91. The van der Waals surface area contributed by atoms with Crippen LogP contribution in [0.4, 0.5) is 5.82 Å². The third-order valence-electron chi connectivity index (χ3n) is 3.33. The van der Waals surface area contributed by atoms with Gasteiger partial charge in [0.15, 0.2) is 10.8 Å². The summed E-state index contributed by atoms with van der Waals surface area (Å²) in [6, 6.07) is 0. The Morgan fingerprint density at radius 2 is 2.33 bits per heavy atom. The molecule has 1 N–H and O–H groups in total. The number of hydrogen-bond donors (Lipinski definition) is 1. The molecule has 18 heavy (non-hydrogen) atoms. The van der Waals surface area contributed by atoms with Crippen LogP contribution < -0.4 is 10.2 Å². The van der Waals surface area contributed by atoms with Crippen molar-refractivity contribution in [2.75, 3.05) is 25.5 Å². The molecule has 0 aliphatic rings. The molecular weight excluding hydrogens is 244 g/mol. The van der Waals surface area contributed by atoms with E-state index in [-0.39, 0.29) is 0 Å². The third kappa shape index (κ3) is 2.52. The topological polar surface area (TPSA) is 32.6 Å². The summed E-state index contributed by atoms with van der Waals surface area (Å²) in [5.41, 5.74) is 1.25. The van der Waals surface area contributed by atoms with Gasteiger partial charge >= 0.3 is 0 Å². The van der Waals surface area contributed by atoms with Gasteiger partial charge in [0.05, 0.1) is 5.69 Å². The highest BCUT2D eigenvalue weighted by atomic mass is 32.1. The van der Waals surface area contributed by atoms with Crippen LogP contribution in [0.2, 0.25) is 0 Å². The molecular formula is C13H22N4S. The smallest absolute Gasteiger partial charge is 0.195 e. The maximum atomic E-state index is 4.75. The summed E-state index contributed by atoms with van der Waals surface area (Å²) in [4.78, 5) is 8.10. The number of rotatable bonds is 6. The van der Waals surface area contributed by atoms with Gasteiger partial charge in [0.1, 0.15) is 0 Å². The van der Waals surface area contributed by atoms with Crippen molar-refractivity contribution in [1.29, 1.82) is 0 Å². The molecule has 2 aromatic rings. The van der Waals surface area contributed by atoms with Crippen LogP contribution in [0.25, 0.3) is 4.96 Å². The number of anilines is 1. The van der Waals surface area contributed by atoms with E-state index in [0.717, 1.165) is 23.9 Å². The van der Waals surface area contributed by atoms with E-state index in [1.807, 2.05) is 7.05 Å². The van der Waals surface area contributed by atoms with Gasteiger partial charge in [-0.1, -0.05) is 20.3 Å². The number of imidazole rings is 1. The molecule has 1 unspecified atom stereocenters. The van der Waals surface area contributed by atoms with Crippen molar-refractivity contribution in [2.45, 2.75) is 26.8 Å². The second-order valence-electron chi connectivity index (χ2n) is 4.86. The highest BCUT2D eigenvalue weighted by Crippen LogP contribution is 2.24. The van der Waals surface area contributed by atoms with Gasteiger partial charge in [-0.25, -0.2) is 4.98 Å². The molecule has 0 spiro atoms. The van der Waals surface area contributed by atoms with E-state index in [1.54, 1.807) is 11.3 Å². The van der Waals surface area contributed by atoms with Gasteiger partial charge in [0, 0.05) is 31.7 Å². The molecule has 100 valence electrons. The predicted octanol–water partition coefficient (Wildman–Crippen LogP) is 2.60. The molecule has 0 saturated carbocycles. The van der Waals surface area contributed by atoms with Crippen molar-refractivity contribution in [3.05, 3.63) is 17.3 Å². The maximum Gasteiger partial charge on any atom is 0.195 e. The van der Waals surface area contributed by atoms with Crippen LogP contribution in [-0.2, 0) is 6.54 Å². The summed E-state index contributed by atoms with van der Waals surface area (Å²) in [7, 11) is 4.11. The summed E-state index contributed by atoms with van der Waals surface area (Å²) in [6.45, 7) is 6.42. The zero-order valence-corrected chi connectivity index (χ0v) is 12.4. The van der Waals surface area contributed by atoms with Gasteiger partial charge in [-0.3, -0.25) is 4.40 Å². The molecule has 0 radical (unpaired) electrons. The number of thiazole rings is 1. The minimum Gasteiger partial charge on any atom is -0.358 e. The monoisotopic (exact) mass is 266 g/mol. The van der Waals surface area contributed by atoms with E-state index in [2.05, 4.69) is 47.1 Å². The molecule has 4 nitrogen and oxygen atoms in total. The molecule has 2 heterocycles. The Morgan fingerprint density at radius 3 is 3.00 bits per heavy atom. The fraction of sp³-hybridized carbons (Fsp3) is 0.615. The van der Waals surface area contributed by atoms with Crippen molar-refractivity contribution in [2.24, 2.45) is 5.92 Å². The fourth-order valence-corrected chi connectivity index (χ4v) is 2.87. The molecule has 0 aromatic carbocycles. The van der Waals surface area contributed by atoms with Crippen LogP contribution in [0.3, 0.4) is 0 Å². The van der Waals surface area contributed by atoms with Crippen molar-refractivity contribution >= 4 is 22.1 Å². The van der Waals surface area contributed by atoms with E-state index in [0.29, 0.717) is 5.92 Å². The van der Waals surface area contributed by atoms with Gasteiger partial charge in [-0.05, 0) is 13.0 Å². The normalized spacial score (nSPS) is 13.1. The zero-order valence-electron chi connectivity index (χ0n) is 11.6. The molecule has 0 fully saturated rings. The number of fused-ring (bicyclic) bond motifs is 1. The van der Waals surface area contributed by atoms with Crippen LogP contribution in [0.15, 0.2) is 11.6 Å². The molecule has 2 rings (SSSR count). The Bertz CT molecular complexity index is 502. The first kappa shape index (κ1) is 13.4. The van der Waals surface area contributed by atoms with Crippen LogP contribution in [0.1, 0.15) is 26.0 Å². The van der Waals surface area contributed by atoms with Crippen LogP contribution in [0.5, 0.6) is 0 Å². The fourth-order valence-electron chi connectivity index (χ4n) is 2.14. The maximum absolute atomic E-state index is 4.75. The first-order chi connectivity index (χ1) is 8.67. The first-order valence-electron chi connectivity index (χ1n) is 6.47. The summed E-state index contributed by atoms with van der Waals surface area (Å²) in [5.74, 6) is 1.80. The van der Waals surface area contributed by atoms with E-state index < -0.39 is 0 Å². The quantitative estimate of drug-likeness (QED) is 0.872. The number of aromatic nitrogens is 2. The van der Waals surface area contributed by atoms with E-state index in [1.165, 1.54) is 12.1 Å². The lowest BCUT2D eigenvalue weighted by molar-refractivity contribution is 0.557. The Balaban J connectivity index is 2.30. The Morgan fingerprint density at radius 1 is 1.56 bits per heavy atom. The highest BCUT2D eigenvalue weighted by molar-refractivity contribution is 7.15. The van der Waals surface area contributed by atoms with Gasteiger partial charge in [0.25, 0.3) is 0 Å². The molecule has 2 aromatic heterocycles. The lowest BCUT2D eigenvalue weighted by Crippen LogP contribution is -2.25. The zero-order chi connectivity index (χ0) is 13.1. The van der Waals surface area contributed by atoms with Gasteiger partial charge in [0.2, 0.25) is 0 Å². The standard InChI is InChI=1S/C13H22N4S/c1-5-10(2)9-16(4)12-11(8-14-3)17-6-7-18-13(17)15-12/h6-7,10,14H,5,8-9H2,1-4H3. The Kier molecular flexibility index (Phi) is 4.24.